The van der Waals surface area contributed by atoms with E-state index < -0.39 is 35.6 Å². The number of alkyl halides is 6. The first-order valence-corrected chi connectivity index (χ1v) is 13.8. The van der Waals surface area contributed by atoms with Crippen molar-refractivity contribution >= 4 is 68.3 Å². The summed E-state index contributed by atoms with van der Waals surface area (Å²) in [7, 11) is 0. The van der Waals surface area contributed by atoms with Gasteiger partial charge in [-0.2, -0.15) is 36.3 Å². The second-order valence-corrected chi connectivity index (χ2v) is 10.5. The molecule has 0 aliphatic heterocycles. The molecule has 0 amide bonds. The number of H-pyrrole nitrogens is 2. The van der Waals surface area contributed by atoms with E-state index in [9.17, 15) is 35.1 Å². The van der Waals surface area contributed by atoms with E-state index in [-0.39, 0.29) is 50.3 Å². The highest BCUT2D eigenvalue weighted by molar-refractivity contribution is 6.28. The molecule has 0 unspecified atom stereocenters. The zero-order valence-corrected chi connectivity index (χ0v) is 25.1. The molecule has 6 rings (SSSR count). The zero-order valence-electron chi connectivity index (χ0n) is 23.6. The van der Waals surface area contributed by atoms with Gasteiger partial charge in [-0.15, -0.1) is 0 Å². The summed E-state index contributed by atoms with van der Waals surface area (Å²) in [5.41, 5.74) is 1.38. The maximum Gasteiger partial charge on any atom is 0.449 e. The summed E-state index contributed by atoms with van der Waals surface area (Å²) in [6.07, 6.45) is -7.33. The minimum absolute atomic E-state index is 0.0649. The third-order valence-electron chi connectivity index (χ3n) is 6.18. The van der Waals surface area contributed by atoms with Gasteiger partial charge in [-0.1, -0.05) is 0 Å². The number of hydrogen-bond acceptors (Lipinski definition) is 8. The van der Waals surface area contributed by atoms with Crippen molar-refractivity contribution < 1.29 is 35.1 Å². The van der Waals surface area contributed by atoms with Gasteiger partial charge >= 0.3 is 12.4 Å². The smallest absolute Gasteiger partial charge is 0.338 e. The molecule has 20 heteroatoms. The fourth-order valence-corrected chi connectivity index (χ4v) is 4.51. The number of fused-ring (bicyclic) bond motifs is 2. The highest BCUT2D eigenvalue weighted by Crippen LogP contribution is 2.34. The van der Waals surface area contributed by atoms with Crippen LogP contribution in [0.25, 0.3) is 22.1 Å². The van der Waals surface area contributed by atoms with Crippen LogP contribution in [-0.2, 0) is 12.4 Å². The van der Waals surface area contributed by atoms with Crippen molar-refractivity contribution in [3.8, 4) is 0 Å². The van der Waals surface area contributed by atoms with E-state index in [0.717, 1.165) is 12.4 Å². The Hall–Kier alpha value is -4.84. The molecule has 0 aliphatic rings. The Morgan fingerprint density at radius 3 is 1.83 bits per heavy atom. The second kappa shape index (κ2) is 12.7. The Kier molecular flexibility index (Phi) is 9.09. The highest BCUT2D eigenvalue weighted by Gasteiger charge is 2.35. The first-order chi connectivity index (χ1) is 22.0. The number of aromatic nitrogens is 8. The molecule has 0 aliphatic carbocycles. The molecule has 3 N–H and O–H groups in total. The summed E-state index contributed by atoms with van der Waals surface area (Å²) in [5.74, 6) is -3.88. The molecule has 0 spiro atoms. The van der Waals surface area contributed by atoms with E-state index in [1.54, 1.807) is 19.9 Å². The van der Waals surface area contributed by atoms with Crippen molar-refractivity contribution in [3.63, 3.8) is 0 Å². The lowest BCUT2D eigenvalue weighted by molar-refractivity contribution is -0.144. The second-order valence-electron chi connectivity index (χ2n) is 9.83. The number of hydrogen-bond donors (Lipinski definition) is 3. The van der Waals surface area contributed by atoms with Crippen molar-refractivity contribution in [1.82, 2.24) is 39.9 Å². The Morgan fingerprint density at radius 1 is 0.723 bits per heavy atom. The molecule has 6 aromatic rings. The van der Waals surface area contributed by atoms with Gasteiger partial charge in [0.05, 0.1) is 34.5 Å². The average Bonchev–Trinajstić information content (AvgIpc) is 3.62. The lowest BCUT2D eigenvalue weighted by Crippen LogP contribution is -2.27. The minimum atomic E-state index is -4.58. The Balaban J connectivity index is 0.000000186. The third-order valence-corrected chi connectivity index (χ3v) is 6.54. The topological polar surface area (TPSA) is 124 Å². The number of halogens is 10. The monoisotopic (exact) mass is 704 g/mol. The first-order valence-electron chi connectivity index (χ1n) is 13.1. The van der Waals surface area contributed by atoms with Gasteiger partial charge in [0.1, 0.15) is 0 Å². The number of aromatic amines is 2. The number of nitrogens with zero attached hydrogens (tertiary/aromatic N) is 7. The Morgan fingerprint density at radius 2 is 1.26 bits per heavy atom. The maximum atomic E-state index is 14.1. The number of imidazole rings is 2. The van der Waals surface area contributed by atoms with E-state index >= 15 is 0 Å². The predicted molar refractivity (Wildman–Crippen MR) is 157 cm³/mol. The molecule has 0 fully saturated rings. The molecule has 0 saturated carbocycles. The summed E-state index contributed by atoms with van der Waals surface area (Å²) in [5, 5.41) is 2.32. The van der Waals surface area contributed by atoms with Crippen LogP contribution in [0, 0.1) is 11.6 Å². The first kappa shape index (κ1) is 33.5. The number of nitrogens with one attached hydrogen (secondary N) is 3. The van der Waals surface area contributed by atoms with Gasteiger partial charge in [-0.3, -0.25) is 0 Å². The van der Waals surface area contributed by atoms with E-state index in [0.29, 0.717) is 11.4 Å². The SMILES string of the molecule is CC(C)N(c1ccc2nc(C(F)(F)F)[nH]c2c1)c1nc(Cl)ncc1F.Fc1cnc(Cl)nc1Nc1ccc2nc(C(F)(F)F)[nH]c2c1. The molecule has 0 radical (unpaired) electrons. The van der Waals surface area contributed by atoms with Gasteiger partial charge in [0.25, 0.3) is 0 Å². The van der Waals surface area contributed by atoms with Crippen LogP contribution in [0.4, 0.5) is 58.1 Å². The lowest BCUT2D eigenvalue weighted by atomic mass is 10.2. The molecule has 4 heterocycles. The average molecular weight is 705 g/mol. The van der Waals surface area contributed by atoms with Crippen LogP contribution in [0.3, 0.4) is 0 Å². The van der Waals surface area contributed by atoms with E-state index in [1.807, 2.05) is 0 Å². The standard InChI is InChI=1S/C15H12ClF4N5.C12H6ClF4N5/c1-7(2)25(12-9(17)6-21-14(16)24-12)8-3-4-10-11(5-8)23-13(22-10)15(18,19)20;13-11-18-4-6(14)9(22-11)19-5-1-2-7-8(3-5)21-10(20-7)12(15,16)17/h3-7H,1-2H3,(H,22,23);1-4H,(H,20,21)(H,18,19,22). The van der Waals surface area contributed by atoms with E-state index in [1.165, 1.54) is 35.2 Å². The number of rotatable bonds is 5. The van der Waals surface area contributed by atoms with Crippen molar-refractivity contribution in [2.45, 2.75) is 32.2 Å². The van der Waals surface area contributed by atoms with Gasteiger partial charge in [0, 0.05) is 17.4 Å². The quantitative estimate of drug-likeness (QED) is 0.120. The molecule has 0 atom stereocenters. The van der Waals surface area contributed by atoms with Gasteiger partial charge in [0.2, 0.25) is 22.2 Å². The van der Waals surface area contributed by atoms with Gasteiger partial charge in [0.15, 0.2) is 23.3 Å². The fourth-order valence-electron chi connectivity index (χ4n) is 4.24. The minimum Gasteiger partial charge on any atom is -0.338 e. The van der Waals surface area contributed by atoms with E-state index in [4.69, 9.17) is 23.2 Å². The van der Waals surface area contributed by atoms with E-state index in [2.05, 4.69) is 45.2 Å². The van der Waals surface area contributed by atoms with Gasteiger partial charge in [-0.25, -0.2) is 28.7 Å². The Bertz CT molecular complexity index is 2060. The van der Waals surface area contributed by atoms with Crippen LogP contribution < -0.4 is 10.2 Å². The number of benzene rings is 2. The number of anilines is 4. The summed E-state index contributed by atoms with van der Waals surface area (Å²) >= 11 is 11.3. The lowest BCUT2D eigenvalue weighted by Gasteiger charge is -2.28. The summed E-state index contributed by atoms with van der Waals surface area (Å²) in [6.45, 7) is 3.57. The molecule has 4 aromatic heterocycles. The zero-order chi connectivity index (χ0) is 34.3. The largest absolute Gasteiger partial charge is 0.449 e. The normalized spacial score (nSPS) is 12.0. The highest BCUT2D eigenvalue weighted by atomic mass is 35.5. The molecular formula is C27H18Cl2F8N10. The van der Waals surface area contributed by atoms with Crippen LogP contribution in [0.15, 0.2) is 48.8 Å². The van der Waals surface area contributed by atoms with Crippen molar-refractivity contribution in [2.24, 2.45) is 0 Å². The molecular weight excluding hydrogens is 687 g/mol. The third kappa shape index (κ3) is 7.60. The van der Waals surface area contributed by atoms with Crippen LogP contribution in [-0.4, -0.2) is 45.9 Å². The predicted octanol–water partition coefficient (Wildman–Crippen LogP) is 8.62. The molecule has 0 saturated heterocycles. The van der Waals surface area contributed by atoms with Crippen molar-refractivity contribution in [3.05, 3.63) is 82.6 Å². The Labute approximate surface area is 268 Å². The molecule has 10 nitrogen and oxygen atoms in total. The van der Waals surface area contributed by atoms with Crippen LogP contribution in [0.5, 0.6) is 0 Å². The van der Waals surface area contributed by atoms with Crippen LogP contribution >= 0.6 is 23.2 Å². The van der Waals surface area contributed by atoms with Gasteiger partial charge < -0.3 is 20.2 Å². The van der Waals surface area contributed by atoms with Crippen LogP contribution in [0.2, 0.25) is 10.6 Å². The van der Waals surface area contributed by atoms with Crippen molar-refractivity contribution in [1.29, 1.82) is 0 Å². The summed E-state index contributed by atoms with van der Waals surface area (Å²) in [6, 6.07) is 8.33. The molecule has 2 aromatic carbocycles. The van der Waals surface area contributed by atoms with Crippen LogP contribution in [0.1, 0.15) is 25.5 Å². The molecule has 0 bridgehead atoms. The van der Waals surface area contributed by atoms with Crippen molar-refractivity contribution in [2.75, 3.05) is 10.2 Å². The summed E-state index contributed by atoms with van der Waals surface area (Å²) in [4.78, 5) is 27.4. The van der Waals surface area contributed by atoms with Gasteiger partial charge in [-0.05, 0) is 73.4 Å². The summed E-state index contributed by atoms with van der Waals surface area (Å²) < 4.78 is 104. The maximum absolute atomic E-state index is 14.1. The molecule has 246 valence electrons. The fraction of sp³-hybridized carbons (Fsp3) is 0.185. The molecule has 47 heavy (non-hydrogen) atoms.